The number of nitrogens with zero attached hydrogens (tertiary/aromatic N) is 1. The fourth-order valence-corrected chi connectivity index (χ4v) is 3.14. The molecule has 86 valence electrons. The zero-order valence-electron chi connectivity index (χ0n) is 9.78. The van der Waals surface area contributed by atoms with Crippen LogP contribution < -0.4 is 5.73 Å². The molecule has 16 heavy (non-hydrogen) atoms. The molecular formula is C14H20N2. The molecule has 2 heterocycles. The van der Waals surface area contributed by atoms with Crippen molar-refractivity contribution in [2.75, 3.05) is 12.3 Å². The number of nitrogens with two attached hydrogens (primary N) is 1. The van der Waals surface area contributed by atoms with Crippen LogP contribution in [0.5, 0.6) is 0 Å². The fourth-order valence-electron chi connectivity index (χ4n) is 3.14. The van der Waals surface area contributed by atoms with Gasteiger partial charge >= 0.3 is 0 Å². The molecule has 0 spiro atoms. The van der Waals surface area contributed by atoms with Crippen LogP contribution in [0.1, 0.15) is 36.8 Å². The molecule has 3 rings (SSSR count). The summed E-state index contributed by atoms with van der Waals surface area (Å²) in [6, 6.07) is 7.23. The van der Waals surface area contributed by atoms with Gasteiger partial charge in [0.1, 0.15) is 0 Å². The van der Waals surface area contributed by atoms with E-state index in [4.69, 9.17) is 5.73 Å². The largest absolute Gasteiger partial charge is 0.399 e. The van der Waals surface area contributed by atoms with Crippen LogP contribution >= 0.6 is 0 Å². The second kappa shape index (κ2) is 4.10. The minimum Gasteiger partial charge on any atom is -0.399 e. The summed E-state index contributed by atoms with van der Waals surface area (Å²) in [7, 11) is 0. The van der Waals surface area contributed by atoms with Crippen molar-refractivity contribution in [1.29, 1.82) is 0 Å². The molecule has 2 aliphatic rings. The average molecular weight is 216 g/mol. The van der Waals surface area contributed by atoms with E-state index < -0.39 is 0 Å². The molecule has 0 saturated carbocycles. The summed E-state index contributed by atoms with van der Waals surface area (Å²) in [6.07, 6.45) is 6.80. The summed E-state index contributed by atoms with van der Waals surface area (Å²) in [5, 5.41) is 0. The molecule has 0 aliphatic carbocycles. The second-order valence-electron chi connectivity index (χ2n) is 5.21. The molecule has 0 bridgehead atoms. The van der Waals surface area contributed by atoms with Gasteiger partial charge in [0.05, 0.1) is 0 Å². The first-order valence-electron chi connectivity index (χ1n) is 6.44. The van der Waals surface area contributed by atoms with Crippen molar-refractivity contribution in [2.24, 2.45) is 0 Å². The molecule has 1 fully saturated rings. The van der Waals surface area contributed by atoms with Crippen molar-refractivity contribution in [3.8, 4) is 0 Å². The second-order valence-corrected chi connectivity index (χ2v) is 5.21. The third-order valence-electron chi connectivity index (χ3n) is 4.06. The van der Waals surface area contributed by atoms with Crippen LogP contribution in [0.4, 0.5) is 5.69 Å². The normalized spacial score (nSPS) is 25.6. The molecule has 1 aromatic carbocycles. The highest BCUT2D eigenvalue weighted by Crippen LogP contribution is 2.29. The monoisotopic (exact) mass is 216 g/mol. The molecule has 0 aromatic heterocycles. The topological polar surface area (TPSA) is 29.3 Å². The lowest BCUT2D eigenvalue weighted by Crippen LogP contribution is -2.39. The third kappa shape index (κ3) is 1.82. The summed E-state index contributed by atoms with van der Waals surface area (Å²) < 4.78 is 0. The SMILES string of the molecule is Nc1ccc2c(c1)CN1CCCCCC1C2. The van der Waals surface area contributed by atoms with E-state index in [2.05, 4.69) is 17.0 Å². The van der Waals surface area contributed by atoms with E-state index in [1.54, 1.807) is 0 Å². The number of anilines is 1. The van der Waals surface area contributed by atoms with Crippen molar-refractivity contribution in [1.82, 2.24) is 4.90 Å². The zero-order valence-corrected chi connectivity index (χ0v) is 9.78. The lowest BCUT2D eigenvalue weighted by atomic mass is 9.92. The van der Waals surface area contributed by atoms with Gasteiger partial charge in [-0.25, -0.2) is 0 Å². The Morgan fingerprint density at radius 2 is 2.06 bits per heavy atom. The number of rotatable bonds is 0. The third-order valence-corrected chi connectivity index (χ3v) is 4.06. The van der Waals surface area contributed by atoms with E-state index in [-0.39, 0.29) is 0 Å². The van der Waals surface area contributed by atoms with Gasteiger partial charge in [-0.2, -0.15) is 0 Å². The number of benzene rings is 1. The van der Waals surface area contributed by atoms with E-state index in [0.29, 0.717) is 0 Å². The van der Waals surface area contributed by atoms with E-state index in [1.807, 2.05) is 6.07 Å². The summed E-state index contributed by atoms with van der Waals surface area (Å²) in [6.45, 7) is 2.39. The molecule has 2 aliphatic heterocycles. The number of fused-ring (bicyclic) bond motifs is 2. The summed E-state index contributed by atoms with van der Waals surface area (Å²) >= 11 is 0. The Hall–Kier alpha value is -1.02. The van der Waals surface area contributed by atoms with Crippen LogP contribution in [0, 0.1) is 0 Å². The van der Waals surface area contributed by atoms with Crippen LogP contribution in [0.2, 0.25) is 0 Å². The summed E-state index contributed by atoms with van der Waals surface area (Å²) in [5.41, 5.74) is 9.75. The standard InChI is InChI=1S/C14H20N2/c15-13-6-5-11-9-14-4-2-1-3-7-16(14)10-12(11)8-13/h5-6,8,14H,1-4,7,9-10,15H2. The van der Waals surface area contributed by atoms with Gasteiger partial charge < -0.3 is 5.73 Å². The van der Waals surface area contributed by atoms with E-state index in [1.165, 1.54) is 49.8 Å². The molecular weight excluding hydrogens is 196 g/mol. The average Bonchev–Trinajstić information content (AvgIpc) is 2.50. The summed E-state index contributed by atoms with van der Waals surface area (Å²) in [4.78, 5) is 2.66. The van der Waals surface area contributed by atoms with Gasteiger partial charge in [-0.05, 0) is 49.1 Å². The maximum absolute atomic E-state index is 5.86. The van der Waals surface area contributed by atoms with Crippen molar-refractivity contribution in [3.63, 3.8) is 0 Å². The Morgan fingerprint density at radius 3 is 3.00 bits per heavy atom. The molecule has 0 amide bonds. The van der Waals surface area contributed by atoms with E-state index in [0.717, 1.165) is 18.3 Å². The Labute approximate surface area is 97.4 Å². The van der Waals surface area contributed by atoms with Gasteiger partial charge in [-0.15, -0.1) is 0 Å². The molecule has 1 atom stereocenters. The first kappa shape index (κ1) is 10.2. The van der Waals surface area contributed by atoms with Crippen LogP contribution in [-0.2, 0) is 13.0 Å². The Kier molecular flexibility index (Phi) is 2.60. The van der Waals surface area contributed by atoms with Gasteiger partial charge in [0, 0.05) is 18.3 Å². The smallest absolute Gasteiger partial charge is 0.0317 e. The molecule has 1 saturated heterocycles. The minimum atomic E-state index is 0.790. The maximum atomic E-state index is 5.86. The van der Waals surface area contributed by atoms with E-state index in [9.17, 15) is 0 Å². The Morgan fingerprint density at radius 1 is 1.12 bits per heavy atom. The van der Waals surface area contributed by atoms with Crippen LogP contribution in [0.25, 0.3) is 0 Å². The van der Waals surface area contributed by atoms with Crippen molar-refractivity contribution in [3.05, 3.63) is 29.3 Å². The first-order chi connectivity index (χ1) is 7.83. The van der Waals surface area contributed by atoms with Crippen LogP contribution in [0.15, 0.2) is 18.2 Å². The van der Waals surface area contributed by atoms with Gasteiger partial charge in [-0.1, -0.05) is 18.9 Å². The quantitative estimate of drug-likeness (QED) is 0.675. The molecule has 2 heteroatoms. The number of nitrogen functional groups attached to an aromatic ring is 1. The molecule has 2 N–H and O–H groups in total. The van der Waals surface area contributed by atoms with Crippen molar-refractivity contribution in [2.45, 2.75) is 44.7 Å². The van der Waals surface area contributed by atoms with Crippen LogP contribution in [-0.4, -0.2) is 17.5 Å². The van der Waals surface area contributed by atoms with Crippen LogP contribution in [0.3, 0.4) is 0 Å². The van der Waals surface area contributed by atoms with E-state index >= 15 is 0 Å². The lowest BCUT2D eigenvalue weighted by Gasteiger charge is -2.35. The maximum Gasteiger partial charge on any atom is 0.0317 e. The van der Waals surface area contributed by atoms with Crippen molar-refractivity contribution >= 4 is 5.69 Å². The summed E-state index contributed by atoms with van der Waals surface area (Å²) in [5.74, 6) is 0. The van der Waals surface area contributed by atoms with Gasteiger partial charge in [0.25, 0.3) is 0 Å². The molecule has 1 aromatic rings. The number of hydrogen-bond donors (Lipinski definition) is 1. The zero-order chi connectivity index (χ0) is 11.0. The van der Waals surface area contributed by atoms with Crippen molar-refractivity contribution < 1.29 is 0 Å². The first-order valence-corrected chi connectivity index (χ1v) is 6.44. The number of hydrogen-bond acceptors (Lipinski definition) is 2. The van der Waals surface area contributed by atoms with Gasteiger partial charge in [0.2, 0.25) is 0 Å². The lowest BCUT2D eigenvalue weighted by molar-refractivity contribution is 0.175. The molecule has 1 unspecified atom stereocenters. The highest BCUT2D eigenvalue weighted by molar-refractivity contribution is 5.45. The highest BCUT2D eigenvalue weighted by Gasteiger charge is 2.26. The Bertz CT molecular complexity index is 386. The minimum absolute atomic E-state index is 0.790. The molecule has 2 nitrogen and oxygen atoms in total. The fraction of sp³-hybridized carbons (Fsp3) is 0.571. The predicted octanol–water partition coefficient (Wildman–Crippen LogP) is 2.57. The predicted molar refractivity (Wildman–Crippen MR) is 67.2 cm³/mol. The van der Waals surface area contributed by atoms with Gasteiger partial charge in [-0.3, -0.25) is 4.90 Å². The Balaban J connectivity index is 1.89. The highest BCUT2D eigenvalue weighted by atomic mass is 15.2. The molecule has 0 radical (unpaired) electrons. The van der Waals surface area contributed by atoms with Gasteiger partial charge in [0.15, 0.2) is 0 Å².